The van der Waals surface area contributed by atoms with E-state index in [1.165, 1.54) is 0 Å². The summed E-state index contributed by atoms with van der Waals surface area (Å²) in [5.41, 5.74) is -0.106. The molecule has 0 aromatic carbocycles. The number of Topliss-reactive ketones (excluding diaryl/α,β-unsaturated/α-hetero) is 1. The molecule has 0 bridgehead atoms. The van der Waals surface area contributed by atoms with Gasteiger partial charge in [0.15, 0.2) is 0 Å². The number of esters is 1. The van der Waals surface area contributed by atoms with Crippen LogP contribution in [0.15, 0.2) is 0 Å². The Morgan fingerprint density at radius 3 is 2.81 bits per heavy atom. The Morgan fingerprint density at radius 2 is 2.00 bits per heavy atom. The summed E-state index contributed by atoms with van der Waals surface area (Å²) in [6.45, 7) is 2.12. The largest absolute Gasteiger partial charge is 0.462 e. The molecule has 0 spiro atoms. The van der Waals surface area contributed by atoms with Gasteiger partial charge in [-0.05, 0) is 31.6 Å². The van der Waals surface area contributed by atoms with Crippen molar-refractivity contribution in [1.29, 1.82) is 0 Å². The third-order valence-corrected chi connectivity index (χ3v) is 5.04. The van der Waals surface area contributed by atoms with E-state index in [0.29, 0.717) is 24.0 Å². The first-order chi connectivity index (χ1) is 7.61. The highest BCUT2D eigenvalue weighted by atomic mass is 16.5. The molecule has 0 radical (unpaired) electrons. The van der Waals surface area contributed by atoms with Crippen LogP contribution in [0.3, 0.4) is 0 Å². The summed E-state index contributed by atoms with van der Waals surface area (Å²) in [7, 11) is 0. The summed E-state index contributed by atoms with van der Waals surface area (Å²) in [6, 6.07) is 0. The second-order valence-electron chi connectivity index (χ2n) is 5.76. The molecule has 1 aliphatic heterocycles. The normalized spacial score (nSPS) is 47.2. The molecule has 88 valence electrons. The summed E-state index contributed by atoms with van der Waals surface area (Å²) >= 11 is 0. The lowest BCUT2D eigenvalue weighted by atomic mass is 9.61. The Labute approximate surface area is 95.5 Å². The van der Waals surface area contributed by atoms with Gasteiger partial charge in [-0.1, -0.05) is 6.92 Å². The SMILES string of the molecule is C[C@]12CC[C@H]3OC(=O)CC[C@H]3C1CCC2=O. The van der Waals surface area contributed by atoms with Crippen molar-refractivity contribution in [3.05, 3.63) is 0 Å². The van der Waals surface area contributed by atoms with Crippen molar-refractivity contribution in [3.8, 4) is 0 Å². The summed E-state index contributed by atoms with van der Waals surface area (Å²) in [5.74, 6) is 1.30. The molecule has 0 amide bonds. The van der Waals surface area contributed by atoms with Crippen molar-refractivity contribution >= 4 is 11.8 Å². The molecule has 4 atom stereocenters. The molecule has 3 aliphatic rings. The van der Waals surface area contributed by atoms with Crippen LogP contribution in [0, 0.1) is 17.3 Å². The average molecular weight is 222 g/mol. The van der Waals surface area contributed by atoms with Crippen molar-refractivity contribution in [2.24, 2.45) is 17.3 Å². The van der Waals surface area contributed by atoms with Crippen LogP contribution in [0.25, 0.3) is 0 Å². The smallest absolute Gasteiger partial charge is 0.306 e. The summed E-state index contributed by atoms with van der Waals surface area (Å²) in [4.78, 5) is 23.2. The zero-order valence-electron chi connectivity index (χ0n) is 9.70. The number of rotatable bonds is 0. The van der Waals surface area contributed by atoms with Crippen LogP contribution in [-0.2, 0) is 14.3 Å². The number of fused-ring (bicyclic) bond motifs is 3. The number of hydrogen-bond donors (Lipinski definition) is 0. The van der Waals surface area contributed by atoms with Crippen LogP contribution in [0.5, 0.6) is 0 Å². The lowest BCUT2D eigenvalue weighted by Gasteiger charge is -2.46. The summed E-state index contributed by atoms with van der Waals surface area (Å²) < 4.78 is 5.43. The molecule has 3 rings (SSSR count). The molecule has 2 aliphatic carbocycles. The van der Waals surface area contributed by atoms with Crippen LogP contribution in [-0.4, -0.2) is 17.9 Å². The maximum absolute atomic E-state index is 12.0. The minimum absolute atomic E-state index is 0.0471. The van der Waals surface area contributed by atoms with Gasteiger partial charge in [-0.15, -0.1) is 0 Å². The van der Waals surface area contributed by atoms with Crippen molar-refractivity contribution in [2.45, 2.75) is 51.6 Å². The minimum Gasteiger partial charge on any atom is -0.462 e. The Morgan fingerprint density at radius 1 is 1.19 bits per heavy atom. The van der Waals surface area contributed by atoms with Crippen LogP contribution in [0.1, 0.15) is 45.4 Å². The fourth-order valence-electron chi connectivity index (χ4n) is 4.07. The highest BCUT2D eigenvalue weighted by Gasteiger charge is 2.55. The van der Waals surface area contributed by atoms with E-state index in [4.69, 9.17) is 4.74 Å². The van der Waals surface area contributed by atoms with E-state index in [1.54, 1.807) is 0 Å². The maximum atomic E-state index is 12.0. The van der Waals surface area contributed by atoms with Crippen molar-refractivity contribution in [1.82, 2.24) is 0 Å². The summed E-state index contributed by atoms with van der Waals surface area (Å²) in [6.07, 6.45) is 5.11. The van der Waals surface area contributed by atoms with Gasteiger partial charge in [0.05, 0.1) is 0 Å². The molecule has 0 N–H and O–H groups in total. The van der Waals surface area contributed by atoms with Gasteiger partial charge in [0.2, 0.25) is 0 Å². The zero-order chi connectivity index (χ0) is 11.3. The van der Waals surface area contributed by atoms with Gasteiger partial charge in [0, 0.05) is 24.2 Å². The standard InChI is InChI=1S/C13H18O3/c1-13-7-6-10-8(2-5-12(15)16-10)9(13)3-4-11(13)14/h8-10H,2-7H2,1H3/t8-,9?,10+,13-/m0/s1. The molecule has 2 saturated carbocycles. The predicted octanol–water partition coefficient (Wildman–Crippen LogP) is 2.09. The molecular formula is C13H18O3. The fraction of sp³-hybridized carbons (Fsp3) is 0.846. The molecule has 0 aromatic heterocycles. The number of carbonyl (C=O) groups is 2. The number of carbonyl (C=O) groups excluding carboxylic acids is 2. The molecule has 1 heterocycles. The molecule has 3 nitrogen and oxygen atoms in total. The van der Waals surface area contributed by atoms with Crippen LogP contribution < -0.4 is 0 Å². The lowest BCUT2D eigenvalue weighted by molar-refractivity contribution is -0.168. The maximum Gasteiger partial charge on any atom is 0.306 e. The predicted molar refractivity (Wildman–Crippen MR) is 57.7 cm³/mol. The fourth-order valence-corrected chi connectivity index (χ4v) is 4.07. The minimum atomic E-state index is -0.106. The number of hydrogen-bond acceptors (Lipinski definition) is 3. The van der Waals surface area contributed by atoms with Crippen molar-refractivity contribution < 1.29 is 14.3 Å². The van der Waals surface area contributed by atoms with Gasteiger partial charge >= 0.3 is 5.97 Å². The van der Waals surface area contributed by atoms with Gasteiger partial charge in [0.1, 0.15) is 11.9 Å². The molecule has 0 aromatic rings. The molecule has 16 heavy (non-hydrogen) atoms. The van der Waals surface area contributed by atoms with E-state index in [9.17, 15) is 9.59 Å². The van der Waals surface area contributed by atoms with Crippen molar-refractivity contribution in [3.63, 3.8) is 0 Å². The molecule has 3 heteroatoms. The topological polar surface area (TPSA) is 43.4 Å². The van der Waals surface area contributed by atoms with E-state index < -0.39 is 0 Å². The third kappa shape index (κ3) is 1.26. The monoisotopic (exact) mass is 222 g/mol. The van der Waals surface area contributed by atoms with Gasteiger partial charge in [-0.25, -0.2) is 0 Å². The first-order valence-corrected chi connectivity index (χ1v) is 6.34. The van der Waals surface area contributed by atoms with Gasteiger partial charge in [0.25, 0.3) is 0 Å². The molecular weight excluding hydrogens is 204 g/mol. The Kier molecular flexibility index (Phi) is 2.13. The highest BCUT2D eigenvalue weighted by molar-refractivity contribution is 5.87. The molecule has 1 saturated heterocycles. The van der Waals surface area contributed by atoms with E-state index in [0.717, 1.165) is 32.1 Å². The van der Waals surface area contributed by atoms with Gasteiger partial charge in [-0.2, -0.15) is 0 Å². The van der Waals surface area contributed by atoms with E-state index in [-0.39, 0.29) is 17.5 Å². The highest BCUT2D eigenvalue weighted by Crippen LogP contribution is 2.55. The second kappa shape index (κ2) is 3.31. The Hall–Kier alpha value is -0.860. The first-order valence-electron chi connectivity index (χ1n) is 6.34. The lowest BCUT2D eigenvalue weighted by Crippen LogP contribution is -2.47. The zero-order valence-corrected chi connectivity index (χ0v) is 9.70. The summed E-state index contributed by atoms with van der Waals surface area (Å²) in [5, 5.41) is 0. The third-order valence-electron chi connectivity index (χ3n) is 5.04. The van der Waals surface area contributed by atoms with E-state index in [1.807, 2.05) is 0 Å². The number of ether oxygens (including phenoxy) is 1. The Bertz CT molecular complexity index is 349. The molecule has 1 unspecified atom stereocenters. The van der Waals surface area contributed by atoms with Crippen LogP contribution in [0.2, 0.25) is 0 Å². The number of ketones is 1. The molecule has 3 fully saturated rings. The van der Waals surface area contributed by atoms with Gasteiger partial charge in [-0.3, -0.25) is 9.59 Å². The Balaban J connectivity index is 1.87. The quantitative estimate of drug-likeness (QED) is 0.589. The van der Waals surface area contributed by atoms with Crippen LogP contribution in [0.4, 0.5) is 0 Å². The van der Waals surface area contributed by atoms with Gasteiger partial charge < -0.3 is 4.74 Å². The first kappa shape index (κ1) is 10.3. The van der Waals surface area contributed by atoms with E-state index >= 15 is 0 Å². The second-order valence-corrected chi connectivity index (χ2v) is 5.76. The van der Waals surface area contributed by atoms with E-state index in [2.05, 4.69) is 6.92 Å². The van der Waals surface area contributed by atoms with Crippen LogP contribution >= 0.6 is 0 Å². The van der Waals surface area contributed by atoms with Crippen molar-refractivity contribution in [2.75, 3.05) is 0 Å². The average Bonchev–Trinajstić information content (AvgIpc) is 2.56.